The van der Waals surface area contributed by atoms with Crippen LogP contribution in [0.5, 0.6) is 5.75 Å². The van der Waals surface area contributed by atoms with Gasteiger partial charge in [-0.15, -0.1) is 0 Å². The summed E-state index contributed by atoms with van der Waals surface area (Å²) in [6, 6.07) is 6.83. The number of hydrogen-bond acceptors (Lipinski definition) is 4. The molecule has 0 aromatic heterocycles. The Hall–Kier alpha value is -1.31. The first-order chi connectivity index (χ1) is 9.49. The molecule has 0 spiro atoms. The Balaban J connectivity index is 2.59. The average Bonchev–Trinajstić information content (AvgIpc) is 2.43. The predicted molar refractivity (Wildman–Crippen MR) is 81.3 cm³/mol. The number of methoxy groups -OCH3 is 1. The Morgan fingerprint density at radius 1 is 1.35 bits per heavy atom. The lowest BCUT2D eigenvalue weighted by Gasteiger charge is -2.18. The second-order valence-corrected chi connectivity index (χ2v) is 6.15. The molecule has 0 amide bonds. The van der Waals surface area contributed by atoms with Gasteiger partial charge in [0.25, 0.3) is 0 Å². The molecule has 0 unspecified atom stereocenters. The Bertz CT molecular complexity index is 505. The number of hydrogen-bond donors (Lipinski definition) is 2. The van der Waals surface area contributed by atoms with E-state index in [0.717, 1.165) is 19.5 Å². The molecule has 0 radical (unpaired) electrons. The minimum atomic E-state index is -3.53. The topological polar surface area (TPSA) is 70.7 Å². The zero-order chi connectivity index (χ0) is 15.0. The number of nitrogens with zero attached hydrogens (tertiary/aromatic N) is 1. The summed E-state index contributed by atoms with van der Waals surface area (Å²) in [7, 11) is -0.419. The maximum atomic E-state index is 12.1. The van der Waals surface area contributed by atoms with Gasteiger partial charge in [0.2, 0.25) is 0 Å². The van der Waals surface area contributed by atoms with Gasteiger partial charge in [-0.3, -0.25) is 4.72 Å². The smallest absolute Gasteiger partial charge is 0.301 e. The van der Waals surface area contributed by atoms with Gasteiger partial charge in [0.1, 0.15) is 5.75 Å². The predicted octanol–water partition coefficient (Wildman–Crippen LogP) is 1.28. The molecule has 114 valence electrons. The van der Waals surface area contributed by atoms with E-state index in [-0.39, 0.29) is 0 Å². The second kappa shape index (κ2) is 8.08. The van der Waals surface area contributed by atoms with Crippen LogP contribution in [0.2, 0.25) is 0 Å². The number of rotatable bonds is 9. The number of nitrogens with one attached hydrogen (secondary N) is 2. The lowest BCUT2D eigenvalue weighted by atomic mass is 10.3. The van der Waals surface area contributed by atoms with Crippen LogP contribution in [0.25, 0.3) is 0 Å². The molecule has 2 N–H and O–H groups in total. The third-order valence-electron chi connectivity index (χ3n) is 2.80. The van der Waals surface area contributed by atoms with Gasteiger partial charge in [-0.2, -0.15) is 12.7 Å². The SMILES string of the molecule is CCNCCCN(C)S(=O)(=O)Nc1cccc(OC)c1. The fourth-order valence-electron chi connectivity index (χ4n) is 1.64. The quantitative estimate of drug-likeness (QED) is 0.674. The molecule has 0 bridgehead atoms. The van der Waals surface area contributed by atoms with Crippen LogP contribution in [0.15, 0.2) is 24.3 Å². The molecule has 7 heteroatoms. The fourth-order valence-corrected chi connectivity index (χ4v) is 2.59. The molecule has 20 heavy (non-hydrogen) atoms. The van der Waals surface area contributed by atoms with E-state index >= 15 is 0 Å². The Morgan fingerprint density at radius 2 is 2.10 bits per heavy atom. The van der Waals surface area contributed by atoms with Crippen LogP contribution in [-0.4, -0.2) is 46.5 Å². The van der Waals surface area contributed by atoms with E-state index in [2.05, 4.69) is 10.0 Å². The third-order valence-corrected chi connectivity index (χ3v) is 4.30. The van der Waals surface area contributed by atoms with Crippen molar-refractivity contribution in [1.82, 2.24) is 9.62 Å². The van der Waals surface area contributed by atoms with Gasteiger partial charge < -0.3 is 10.1 Å². The highest BCUT2D eigenvalue weighted by Crippen LogP contribution is 2.18. The van der Waals surface area contributed by atoms with E-state index in [0.29, 0.717) is 18.0 Å². The number of anilines is 1. The van der Waals surface area contributed by atoms with Crippen molar-refractivity contribution in [3.05, 3.63) is 24.3 Å². The van der Waals surface area contributed by atoms with E-state index in [1.54, 1.807) is 38.4 Å². The van der Waals surface area contributed by atoms with Crippen molar-refractivity contribution in [1.29, 1.82) is 0 Å². The molecule has 1 aromatic carbocycles. The molecule has 0 aliphatic carbocycles. The monoisotopic (exact) mass is 301 g/mol. The largest absolute Gasteiger partial charge is 0.497 e. The first-order valence-corrected chi connectivity index (χ1v) is 8.02. The molecule has 0 aliphatic heterocycles. The maximum absolute atomic E-state index is 12.1. The van der Waals surface area contributed by atoms with Crippen molar-refractivity contribution in [2.24, 2.45) is 0 Å². The van der Waals surface area contributed by atoms with E-state index < -0.39 is 10.2 Å². The summed E-state index contributed by atoms with van der Waals surface area (Å²) < 4.78 is 33.1. The molecule has 0 heterocycles. The van der Waals surface area contributed by atoms with E-state index in [9.17, 15) is 8.42 Å². The van der Waals surface area contributed by atoms with Crippen LogP contribution in [0.1, 0.15) is 13.3 Å². The summed E-state index contributed by atoms with van der Waals surface area (Å²) in [6.45, 7) is 4.17. The normalized spacial score (nSPS) is 11.6. The fraction of sp³-hybridized carbons (Fsp3) is 0.538. The van der Waals surface area contributed by atoms with Crippen molar-refractivity contribution in [3.63, 3.8) is 0 Å². The van der Waals surface area contributed by atoms with Crippen LogP contribution in [0.3, 0.4) is 0 Å². The average molecular weight is 301 g/mol. The number of benzene rings is 1. The van der Waals surface area contributed by atoms with Gasteiger partial charge in [0, 0.05) is 19.7 Å². The summed E-state index contributed by atoms with van der Waals surface area (Å²) in [5.41, 5.74) is 0.489. The highest BCUT2D eigenvalue weighted by molar-refractivity contribution is 7.90. The van der Waals surface area contributed by atoms with Crippen LogP contribution in [0, 0.1) is 0 Å². The minimum absolute atomic E-state index is 0.465. The van der Waals surface area contributed by atoms with Crippen molar-refractivity contribution in [2.45, 2.75) is 13.3 Å². The van der Waals surface area contributed by atoms with Crippen molar-refractivity contribution < 1.29 is 13.2 Å². The van der Waals surface area contributed by atoms with E-state index in [1.165, 1.54) is 4.31 Å². The van der Waals surface area contributed by atoms with E-state index in [1.807, 2.05) is 6.92 Å². The zero-order valence-electron chi connectivity index (χ0n) is 12.2. The summed E-state index contributed by atoms with van der Waals surface area (Å²) in [6.07, 6.45) is 0.767. The van der Waals surface area contributed by atoms with Crippen molar-refractivity contribution >= 4 is 15.9 Å². The second-order valence-electron chi connectivity index (χ2n) is 4.37. The lowest BCUT2D eigenvalue weighted by Crippen LogP contribution is -2.34. The highest BCUT2D eigenvalue weighted by Gasteiger charge is 2.17. The molecule has 0 saturated heterocycles. The van der Waals surface area contributed by atoms with Gasteiger partial charge >= 0.3 is 10.2 Å². The minimum Gasteiger partial charge on any atom is -0.497 e. The zero-order valence-corrected chi connectivity index (χ0v) is 13.0. The molecule has 0 fully saturated rings. The van der Waals surface area contributed by atoms with Crippen LogP contribution in [-0.2, 0) is 10.2 Å². The third kappa shape index (κ3) is 5.36. The Kier molecular flexibility index (Phi) is 6.77. The summed E-state index contributed by atoms with van der Waals surface area (Å²) in [4.78, 5) is 0. The van der Waals surface area contributed by atoms with E-state index in [4.69, 9.17) is 4.74 Å². The summed E-state index contributed by atoms with van der Waals surface area (Å²) in [5.74, 6) is 0.611. The maximum Gasteiger partial charge on any atom is 0.301 e. The van der Waals surface area contributed by atoms with Crippen LogP contribution < -0.4 is 14.8 Å². The van der Waals surface area contributed by atoms with Crippen molar-refractivity contribution in [3.8, 4) is 5.75 Å². The summed E-state index contributed by atoms with van der Waals surface area (Å²) >= 11 is 0. The molecule has 0 saturated carbocycles. The van der Waals surface area contributed by atoms with Crippen LogP contribution in [0.4, 0.5) is 5.69 Å². The van der Waals surface area contributed by atoms with Crippen molar-refractivity contribution in [2.75, 3.05) is 38.5 Å². The Morgan fingerprint density at radius 3 is 2.75 bits per heavy atom. The highest BCUT2D eigenvalue weighted by atomic mass is 32.2. The molecule has 0 atom stereocenters. The summed E-state index contributed by atoms with van der Waals surface area (Å²) in [5, 5.41) is 3.16. The Labute approximate surface area is 121 Å². The molecule has 1 rings (SSSR count). The van der Waals surface area contributed by atoms with Gasteiger partial charge in [-0.25, -0.2) is 0 Å². The van der Waals surface area contributed by atoms with Gasteiger partial charge in [-0.05, 0) is 31.6 Å². The first-order valence-electron chi connectivity index (χ1n) is 6.58. The van der Waals surface area contributed by atoms with Gasteiger partial charge in [0.05, 0.1) is 12.8 Å². The molecule has 1 aromatic rings. The van der Waals surface area contributed by atoms with Gasteiger partial charge in [-0.1, -0.05) is 13.0 Å². The standard InChI is InChI=1S/C13H23N3O3S/c1-4-14-9-6-10-16(2)20(17,18)15-12-7-5-8-13(11-12)19-3/h5,7-8,11,14-15H,4,6,9-10H2,1-3H3. The molecule has 6 nitrogen and oxygen atoms in total. The lowest BCUT2D eigenvalue weighted by molar-refractivity contribution is 0.415. The number of ether oxygens (including phenoxy) is 1. The molecule has 0 aliphatic rings. The van der Waals surface area contributed by atoms with Gasteiger partial charge in [0.15, 0.2) is 0 Å². The van der Waals surface area contributed by atoms with Crippen LogP contribution >= 0.6 is 0 Å². The molecular weight excluding hydrogens is 278 g/mol. The first kappa shape index (κ1) is 16.7. The molecular formula is C13H23N3O3S.